The Morgan fingerprint density at radius 2 is 2.23 bits per heavy atom. The van der Waals surface area contributed by atoms with Gasteiger partial charge in [-0.1, -0.05) is 11.6 Å². The van der Waals surface area contributed by atoms with Crippen molar-refractivity contribution in [2.24, 2.45) is 17.8 Å². The van der Waals surface area contributed by atoms with Gasteiger partial charge in [0.2, 0.25) is 5.91 Å². The maximum atomic E-state index is 12.1. The van der Waals surface area contributed by atoms with Gasteiger partial charge >= 0.3 is 0 Å². The second-order valence-corrected chi connectivity index (χ2v) is 7.98. The molecule has 0 aliphatic heterocycles. The molecule has 0 aromatic carbocycles. The molecule has 3 rings (SSSR count). The number of rotatable bonds is 6. The zero-order valence-electron chi connectivity index (χ0n) is 13.7. The number of aromatic nitrogens is 1. The first-order chi connectivity index (χ1) is 10.5. The van der Waals surface area contributed by atoms with Gasteiger partial charge in [0.25, 0.3) is 0 Å². The summed E-state index contributed by atoms with van der Waals surface area (Å²) in [4.78, 5) is 12.1. The third-order valence-corrected chi connectivity index (χ3v) is 6.44. The van der Waals surface area contributed by atoms with Crippen molar-refractivity contribution in [3.05, 3.63) is 17.0 Å². The molecule has 1 N–H and O–H groups in total. The van der Waals surface area contributed by atoms with Crippen LogP contribution in [0.5, 0.6) is 0 Å². The van der Waals surface area contributed by atoms with Crippen molar-refractivity contribution in [2.75, 3.05) is 5.75 Å². The number of hydrogen-bond acceptors (Lipinski definition) is 4. The van der Waals surface area contributed by atoms with Crippen LogP contribution in [-0.2, 0) is 10.5 Å². The number of fused-ring (bicyclic) bond motifs is 2. The predicted molar refractivity (Wildman–Crippen MR) is 88.7 cm³/mol. The first-order valence-corrected chi connectivity index (χ1v) is 9.49. The fraction of sp³-hybridized carbons (Fsp3) is 0.765. The van der Waals surface area contributed by atoms with Gasteiger partial charge < -0.3 is 9.84 Å². The van der Waals surface area contributed by atoms with Gasteiger partial charge in [0.05, 0.1) is 11.4 Å². The van der Waals surface area contributed by atoms with Crippen LogP contribution in [0.15, 0.2) is 4.52 Å². The molecule has 4 nitrogen and oxygen atoms in total. The number of nitrogens with one attached hydrogen (secondary N) is 1. The third-order valence-electron chi connectivity index (χ3n) is 5.48. The molecule has 0 spiro atoms. The maximum Gasteiger partial charge on any atom is 0.230 e. The summed E-state index contributed by atoms with van der Waals surface area (Å²) in [6.07, 6.45) is 5.50. The van der Waals surface area contributed by atoms with Crippen molar-refractivity contribution in [1.82, 2.24) is 10.5 Å². The normalized spacial score (nSPS) is 28.0. The van der Waals surface area contributed by atoms with Crippen molar-refractivity contribution < 1.29 is 9.32 Å². The molecule has 0 saturated heterocycles. The molecule has 122 valence electrons. The van der Waals surface area contributed by atoms with Gasteiger partial charge in [0, 0.05) is 17.4 Å². The van der Waals surface area contributed by atoms with Crippen LogP contribution < -0.4 is 5.32 Å². The molecule has 1 aromatic heterocycles. The fourth-order valence-corrected chi connectivity index (χ4v) is 5.25. The number of carbonyl (C=O) groups excluding carboxylic acids is 1. The summed E-state index contributed by atoms with van der Waals surface area (Å²) in [6.45, 7) is 6.05. The van der Waals surface area contributed by atoms with Crippen LogP contribution in [-0.4, -0.2) is 22.9 Å². The van der Waals surface area contributed by atoms with E-state index in [-0.39, 0.29) is 5.91 Å². The van der Waals surface area contributed by atoms with Crippen molar-refractivity contribution in [3.8, 4) is 0 Å². The van der Waals surface area contributed by atoms with E-state index in [1.165, 1.54) is 25.7 Å². The molecular weight excluding hydrogens is 296 g/mol. The highest BCUT2D eigenvalue weighted by Gasteiger charge is 2.42. The first kappa shape index (κ1) is 15.9. The number of amides is 1. The van der Waals surface area contributed by atoms with E-state index >= 15 is 0 Å². The van der Waals surface area contributed by atoms with Crippen LogP contribution in [0.4, 0.5) is 0 Å². The lowest BCUT2D eigenvalue weighted by molar-refractivity contribution is -0.119. The van der Waals surface area contributed by atoms with Crippen molar-refractivity contribution in [2.45, 2.75) is 58.2 Å². The Bertz CT molecular complexity index is 523. The standard InChI is InChI=1S/C17H26N2O2S/c1-10(15-7-13-4-5-14(15)6-13)18-17(20)9-22-8-16-11(2)19-21-12(16)3/h10,13-15H,4-9H2,1-3H3,(H,18,20). The average molecular weight is 322 g/mol. The van der Waals surface area contributed by atoms with Crippen LogP contribution >= 0.6 is 11.8 Å². The van der Waals surface area contributed by atoms with Crippen LogP contribution in [0, 0.1) is 31.6 Å². The number of hydrogen-bond donors (Lipinski definition) is 1. The summed E-state index contributed by atoms with van der Waals surface area (Å²) in [5.41, 5.74) is 2.06. The summed E-state index contributed by atoms with van der Waals surface area (Å²) in [5.74, 6) is 4.81. The molecule has 2 aliphatic carbocycles. The van der Waals surface area contributed by atoms with Gasteiger partial charge in [-0.2, -0.15) is 0 Å². The van der Waals surface area contributed by atoms with Crippen LogP contribution in [0.25, 0.3) is 0 Å². The molecule has 1 heterocycles. The van der Waals surface area contributed by atoms with Gasteiger partial charge in [0.1, 0.15) is 5.76 Å². The number of thioether (sulfide) groups is 1. The van der Waals surface area contributed by atoms with Gasteiger partial charge in [-0.25, -0.2) is 0 Å². The van der Waals surface area contributed by atoms with E-state index < -0.39 is 0 Å². The van der Waals surface area contributed by atoms with Crippen LogP contribution in [0.2, 0.25) is 0 Å². The van der Waals surface area contributed by atoms with Crippen molar-refractivity contribution in [3.63, 3.8) is 0 Å². The molecule has 4 atom stereocenters. The molecule has 2 saturated carbocycles. The molecule has 1 aromatic rings. The fourth-order valence-electron chi connectivity index (χ4n) is 4.26. The molecule has 2 aliphatic rings. The highest BCUT2D eigenvalue weighted by molar-refractivity contribution is 7.99. The van der Waals surface area contributed by atoms with Gasteiger partial charge in [-0.05, 0) is 57.8 Å². The van der Waals surface area contributed by atoms with E-state index in [4.69, 9.17) is 4.52 Å². The minimum absolute atomic E-state index is 0.159. The monoisotopic (exact) mass is 322 g/mol. The van der Waals surface area contributed by atoms with E-state index in [2.05, 4.69) is 17.4 Å². The zero-order valence-corrected chi connectivity index (χ0v) is 14.5. The number of carbonyl (C=O) groups is 1. The Balaban J connectivity index is 1.41. The quantitative estimate of drug-likeness (QED) is 0.871. The average Bonchev–Trinajstić information content (AvgIpc) is 3.18. The van der Waals surface area contributed by atoms with Gasteiger partial charge in [-0.15, -0.1) is 11.8 Å². The summed E-state index contributed by atoms with van der Waals surface area (Å²) < 4.78 is 5.15. The van der Waals surface area contributed by atoms with E-state index in [1.54, 1.807) is 11.8 Å². The van der Waals surface area contributed by atoms with E-state index in [1.807, 2.05) is 13.8 Å². The van der Waals surface area contributed by atoms with Crippen molar-refractivity contribution >= 4 is 17.7 Å². The lowest BCUT2D eigenvalue weighted by Crippen LogP contribution is -2.40. The molecule has 2 bridgehead atoms. The predicted octanol–water partition coefficient (Wildman–Crippen LogP) is 3.47. The molecule has 22 heavy (non-hydrogen) atoms. The zero-order chi connectivity index (χ0) is 15.7. The maximum absolute atomic E-state index is 12.1. The Morgan fingerprint density at radius 1 is 1.41 bits per heavy atom. The van der Waals surface area contributed by atoms with Crippen LogP contribution in [0.1, 0.15) is 49.6 Å². The lowest BCUT2D eigenvalue weighted by atomic mass is 9.84. The van der Waals surface area contributed by atoms with Crippen LogP contribution in [0.3, 0.4) is 0 Å². The minimum Gasteiger partial charge on any atom is -0.361 e. The summed E-state index contributed by atoms with van der Waals surface area (Å²) in [7, 11) is 0. The second-order valence-electron chi connectivity index (χ2n) is 6.99. The first-order valence-electron chi connectivity index (χ1n) is 8.33. The Hall–Kier alpha value is -0.970. The molecule has 0 radical (unpaired) electrons. The van der Waals surface area contributed by atoms with Gasteiger partial charge in [0.15, 0.2) is 0 Å². The number of nitrogens with zero attached hydrogens (tertiary/aromatic N) is 1. The van der Waals surface area contributed by atoms with E-state index in [0.717, 1.165) is 34.6 Å². The summed E-state index contributed by atoms with van der Waals surface area (Å²) >= 11 is 1.64. The van der Waals surface area contributed by atoms with E-state index in [9.17, 15) is 4.79 Å². The smallest absolute Gasteiger partial charge is 0.230 e. The Morgan fingerprint density at radius 3 is 2.82 bits per heavy atom. The highest BCUT2D eigenvalue weighted by Crippen LogP contribution is 2.49. The lowest BCUT2D eigenvalue weighted by Gasteiger charge is -2.28. The highest BCUT2D eigenvalue weighted by atomic mass is 32.2. The summed E-state index contributed by atoms with van der Waals surface area (Å²) in [6, 6.07) is 0.322. The molecule has 5 heteroatoms. The SMILES string of the molecule is Cc1noc(C)c1CSCC(=O)NC(C)C1CC2CCC1C2. The largest absolute Gasteiger partial charge is 0.361 e. The van der Waals surface area contributed by atoms with E-state index in [0.29, 0.717) is 17.7 Å². The Labute approximate surface area is 136 Å². The third kappa shape index (κ3) is 3.34. The Kier molecular flexibility index (Phi) is 4.81. The molecule has 2 fully saturated rings. The molecule has 1 amide bonds. The minimum atomic E-state index is 0.159. The number of aryl methyl sites for hydroxylation is 2. The van der Waals surface area contributed by atoms with Crippen molar-refractivity contribution in [1.29, 1.82) is 0 Å². The summed E-state index contributed by atoms with van der Waals surface area (Å²) in [5, 5.41) is 7.16. The molecular formula is C17H26N2O2S. The topological polar surface area (TPSA) is 55.1 Å². The van der Waals surface area contributed by atoms with Gasteiger partial charge in [-0.3, -0.25) is 4.79 Å². The molecule has 4 unspecified atom stereocenters. The second kappa shape index (κ2) is 6.65.